The molecule has 7 aromatic rings. The van der Waals surface area contributed by atoms with E-state index in [2.05, 4.69) is 159 Å². The molecular weight excluding hydrogens is 536 g/mol. The van der Waals surface area contributed by atoms with Crippen molar-refractivity contribution in [2.24, 2.45) is 0 Å². The van der Waals surface area contributed by atoms with E-state index < -0.39 is 0 Å². The molecular formula is C40H30N4. The van der Waals surface area contributed by atoms with Gasteiger partial charge in [-0.3, -0.25) is 0 Å². The van der Waals surface area contributed by atoms with E-state index in [4.69, 9.17) is 0 Å². The van der Waals surface area contributed by atoms with Gasteiger partial charge in [-0.2, -0.15) is 0 Å². The molecule has 8 rings (SSSR count). The van der Waals surface area contributed by atoms with Gasteiger partial charge in [0.2, 0.25) is 0 Å². The van der Waals surface area contributed by atoms with Crippen molar-refractivity contribution in [1.82, 2.24) is 14.5 Å². The molecule has 0 saturated heterocycles. The minimum atomic E-state index is 0.735. The number of para-hydroxylation sites is 3. The van der Waals surface area contributed by atoms with Gasteiger partial charge in [0.05, 0.1) is 11.0 Å². The van der Waals surface area contributed by atoms with Gasteiger partial charge in [-0.15, -0.1) is 0 Å². The van der Waals surface area contributed by atoms with Crippen LogP contribution in [-0.4, -0.2) is 14.5 Å². The minimum Gasteiger partial charge on any atom is -0.314 e. The number of aromatic nitrogens is 3. The molecule has 0 atom stereocenters. The normalized spacial score (nSPS) is 13.1. The molecule has 44 heavy (non-hydrogen) atoms. The lowest BCUT2D eigenvalue weighted by atomic mass is 9.94. The first-order chi connectivity index (χ1) is 21.8. The molecule has 1 aliphatic carbocycles. The van der Waals surface area contributed by atoms with Crippen molar-refractivity contribution in [2.45, 2.75) is 12.8 Å². The predicted octanol–water partition coefficient (Wildman–Crippen LogP) is 10.1. The van der Waals surface area contributed by atoms with Crippen LogP contribution in [0, 0.1) is 0 Å². The van der Waals surface area contributed by atoms with Crippen LogP contribution in [0.4, 0.5) is 11.4 Å². The number of anilines is 2. The number of hydrogen-bond acceptors (Lipinski definition) is 3. The van der Waals surface area contributed by atoms with Crippen molar-refractivity contribution in [3.63, 3.8) is 0 Å². The summed E-state index contributed by atoms with van der Waals surface area (Å²) >= 11 is 0. The van der Waals surface area contributed by atoms with Crippen LogP contribution in [0.25, 0.3) is 44.5 Å². The largest absolute Gasteiger partial charge is 0.314 e. The van der Waals surface area contributed by atoms with Crippen LogP contribution in [0.1, 0.15) is 18.4 Å². The quantitative estimate of drug-likeness (QED) is 0.201. The minimum absolute atomic E-state index is 0.735. The van der Waals surface area contributed by atoms with Gasteiger partial charge in [-0.1, -0.05) is 72.8 Å². The molecule has 0 unspecified atom stereocenters. The van der Waals surface area contributed by atoms with E-state index in [0.717, 1.165) is 35.6 Å². The lowest BCUT2D eigenvalue weighted by Crippen LogP contribution is -2.17. The molecule has 4 heteroatoms. The summed E-state index contributed by atoms with van der Waals surface area (Å²) in [7, 11) is 0. The van der Waals surface area contributed by atoms with Gasteiger partial charge in [-0.25, -0.2) is 9.97 Å². The van der Waals surface area contributed by atoms with E-state index in [0.29, 0.717) is 0 Å². The Morgan fingerprint density at radius 3 is 1.73 bits per heavy atom. The number of benzene rings is 5. The molecule has 0 aliphatic heterocycles. The van der Waals surface area contributed by atoms with E-state index in [1.165, 1.54) is 44.3 Å². The monoisotopic (exact) mass is 566 g/mol. The summed E-state index contributed by atoms with van der Waals surface area (Å²) in [6, 6.07) is 47.3. The highest BCUT2D eigenvalue weighted by molar-refractivity contribution is 6.09. The van der Waals surface area contributed by atoms with Gasteiger partial charge in [0.1, 0.15) is 0 Å². The predicted molar refractivity (Wildman–Crippen MR) is 182 cm³/mol. The molecule has 0 spiro atoms. The third-order valence-electron chi connectivity index (χ3n) is 8.45. The zero-order valence-corrected chi connectivity index (χ0v) is 24.2. The van der Waals surface area contributed by atoms with Crippen LogP contribution >= 0.6 is 0 Å². The topological polar surface area (TPSA) is 34.0 Å². The first-order valence-corrected chi connectivity index (χ1v) is 15.0. The van der Waals surface area contributed by atoms with E-state index in [-0.39, 0.29) is 0 Å². The molecule has 1 aliphatic rings. The number of nitrogens with zero attached hydrogens (tertiary/aromatic N) is 4. The molecule has 2 heterocycles. The Bertz CT molecular complexity index is 2090. The molecule has 2 aromatic heterocycles. The maximum absolute atomic E-state index is 4.41. The van der Waals surface area contributed by atoms with E-state index >= 15 is 0 Å². The van der Waals surface area contributed by atoms with Crippen molar-refractivity contribution in [1.29, 1.82) is 0 Å². The number of rotatable bonds is 6. The number of fused-ring (bicyclic) bond motifs is 3. The van der Waals surface area contributed by atoms with Gasteiger partial charge in [0.15, 0.2) is 5.82 Å². The molecule has 0 amide bonds. The summed E-state index contributed by atoms with van der Waals surface area (Å²) in [5.74, 6) is 0.735. The summed E-state index contributed by atoms with van der Waals surface area (Å²) in [6.07, 6.45) is 10.0. The van der Waals surface area contributed by atoms with Crippen molar-refractivity contribution < 1.29 is 0 Å². The molecule has 0 radical (unpaired) electrons. The van der Waals surface area contributed by atoms with Crippen molar-refractivity contribution in [2.75, 3.05) is 4.90 Å². The van der Waals surface area contributed by atoms with Crippen LogP contribution in [0.2, 0.25) is 0 Å². The van der Waals surface area contributed by atoms with Gasteiger partial charge in [0.25, 0.3) is 0 Å². The average Bonchev–Trinajstić information content (AvgIpc) is 3.44. The summed E-state index contributed by atoms with van der Waals surface area (Å²) in [5.41, 5.74) is 10.8. The second-order valence-electron chi connectivity index (χ2n) is 11.1. The molecule has 4 nitrogen and oxygen atoms in total. The molecule has 0 fully saturated rings. The van der Waals surface area contributed by atoms with Gasteiger partial charge in [0, 0.05) is 51.5 Å². The van der Waals surface area contributed by atoms with Crippen LogP contribution in [0.5, 0.6) is 0 Å². The Hall–Kier alpha value is -5.74. The second kappa shape index (κ2) is 11.2. The summed E-state index contributed by atoms with van der Waals surface area (Å²) < 4.78 is 2.37. The van der Waals surface area contributed by atoms with E-state index in [9.17, 15) is 0 Å². The zero-order chi connectivity index (χ0) is 29.3. The lowest BCUT2D eigenvalue weighted by molar-refractivity contribution is 0.930. The van der Waals surface area contributed by atoms with Gasteiger partial charge >= 0.3 is 0 Å². The first-order valence-electron chi connectivity index (χ1n) is 15.0. The van der Waals surface area contributed by atoms with Crippen LogP contribution < -0.4 is 4.90 Å². The molecule has 0 bridgehead atoms. The SMILES string of the molecule is C1=C(c2ccc(-n3c4ccccc4c4ccccc43)cc2)CCC(N(c2ccccc2)c2ccc(-c3ncccn3)cc2)=C1. The second-order valence-corrected chi connectivity index (χ2v) is 11.1. The molecule has 0 saturated carbocycles. The Balaban J connectivity index is 1.11. The standard InChI is InChI=1S/C40H30N4/c1-2-9-32(10-3-1)43(34-25-19-31(20-26-34)40-41-27-8-28-42-40)33-21-15-29(16-22-33)30-17-23-35(24-18-30)44-38-13-6-4-11-36(38)37-12-5-7-14-39(37)44/h1-15,17-21,23-28H,16,22H2. The molecule has 210 valence electrons. The highest BCUT2D eigenvalue weighted by Crippen LogP contribution is 2.37. The fraction of sp³-hybridized carbons (Fsp3) is 0.0500. The highest BCUT2D eigenvalue weighted by atomic mass is 15.1. The number of hydrogen-bond donors (Lipinski definition) is 0. The Labute approximate surface area is 256 Å². The fourth-order valence-electron chi connectivity index (χ4n) is 6.34. The smallest absolute Gasteiger partial charge is 0.159 e. The van der Waals surface area contributed by atoms with Crippen LogP contribution in [0.3, 0.4) is 0 Å². The van der Waals surface area contributed by atoms with Crippen molar-refractivity contribution >= 4 is 38.8 Å². The average molecular weight is 567 g/mol. The highest BCUT2D eigenvalue weighted by Gasteiger charge is 2.19. The zero-order valence-electron chi connectivity index (χ0n) is 24.2. The molecule has 5 aromatic carbocycles. The van der Waals surface area contributed by atoms with Gasteiger partial charge in [-0.05, 0) is 96.8 Å². The van der Waals surface area contributed by atoms with E-state index in [1.54, 1.807) is 12.4 Å². The third kappa shape index (κ3) is 4.67. The maximum Gasteiger partial charge on any atom is 0.159 e. The Morgan fingerprint density at radius 2 is 1.09 bits per heavy atom. The molecule has 0 N–H and O–H groups in total. The van der Waals surface area contributed by atoms with Crippen molar-refractivity contribution in [3.05, 3.63) is 169 Å². The van der Waals surface area contributed by atoms with Gasteiger partial charge < -0.3 is 9.47 Å². The summed E-state index contributed by atoms with van der Waals surface area (Å²) in [6.45, 7) is 0. The first kappa shape index (κ1) is 25.9. The third-order valence-corrected chi connectivity index (χ3v) is 8.45. The lowest BCUT2D eigenvalue weighted by Gasteiger charge is -2.30. The fourth-order valence-corrected chi connectivity index (χ4v) is 6.34. The number of allylic oxidation sites excluding steroid dienone is 4. The summed E-state index contributed by atoms with van der Waals surface area (Å²) in [5, 5.41) is 2.57. The van der Waals surface area contributed by atoms with Crippen molar-refractivity contribution in [3.8, 4) is 17.1 Å². The van der Waals surface area contributed by atoms with Crippen LogP contribution in [0.15, 0.2) is 164 Å². The van der Waals surface area contributed by atoms with Crippen LogP contribution in [-0.2, 0) is 0 Å². The Morgan fingerprint density at radius 1 is 0.500 bits per heavy atom. The Kier molecular flexibility index (Phi) is 6.58. The maximum atomic E-state index is 4.41. The van der Waals surface area contributed by atoms with E-state index in [1.807, 2.05) is 6.07 Å². The summed E-state index contributed by atoms with van der Waals surface area (Å²) in [4.78, 5) is 11.2.